The van der Waals surface area contributed by atoms with E-state index in [4.69, 9.17) is 9.84 Å². The van der Waals surface area contributed by atoms with Crippen molar-refractivity contribution in [2.24, 2.45) is 5.92 Å². The molecular formula is C16H22N2O5. The summed E-state index contributed by atoms with van der Waals surface area (Å²) >= 11 is 0. The molecule has 0 aliphatic heterocycles. The van der Waals surface area contributed by atoms with Crippen molar-refractivity contribution in [1.29, 1.82) is 0 Å². The first-order valence-corrected chi connectivity index (χ1v) is 7.34. The van der Waals surface area contributed by atoms with Crippen LogP contribution >= 0.6 is 0 Å². The summed E-state index contributed by atoms with van der Waals surface area (Å²) in [6, 6.07) is 5.80. The summed E-state index contributed by atoms with van der Waals surface area (Å²) in [5, 5.41) is 14.0. The van der Waals surface area contributed by atoms with Crippen molar-refractivity contribution < 1.29 is 24.2 Å². The van der Waals surface area contributed by atoms with Gasteiger partial charge in [-0.15, -0.1) is 0 Å². The molecule has 1 aromatic carbocycles. The van der Waals surface area contributed by atoms with E-state index in [1.807, 2.05) is 0 Å². The second kappa shape index (κ2) is 8.77. The van der Waals surface area contributed by atoms with E-state index in [0.717, 1.165) is 5.56 Å². The number of carbonyl (C=O) groups is 3. The molecule has 2 amide bonds. The van der Waals surface area contributed by atoms with Crippen LogP contribution in [0.4, 0.5) is 4.79 Å². The molecule has 1 rings (SSSR count). The fourth-order valence-corrected chi connectivity index (χ4v) is 1.69. The SMILES string of the molecule is CC(C)OC(=O)C(C)CNC(=O)NCc1ccc(C(=O)O)cc1. The molecule has 0 spiro atoms. The van der Waals surface area contributed by atoms with E-state index in [1.54, 1.807) is 32.9 Å². The molecule has 0 aliphatic rings. The Labute approximate surface area is 135 Å². The van der Waals surface area contributed by atoms with E-state index in [2.05, 4.69) is 10.6 Å². The molecule has 7 heteroatoms. The van der Waals surface area contributed by atoms with E-state index in [0.29, 0.717) is 0 Å². The van der Waals surface area contributed by atoms with Crippen molar-refractivity contribution in [3.8, 4) is 0 Å². The van der Waals surface area contributed by atoms with Crippen LogP contribution in [0.2, 0.25) is 0 Å². The highest BCUT2D eigenvalue weighted by molar-refractivity contribution is 5.87. The van der Waals surface area contributed by atoms with Crippen LogP contribution in [0.3, 0.4) is 0 Å². The number of esters is 1. The molecule has 0 fully saturated rings. The fourth-order valence-electron chi connectivity index (χ4n) is 1.69. The van der Waals surface area contributed by atoms with Gasteiger partial charge in [0.2, 0.25) is 0 Å². The molecular weight excluding hydrogens is 300 g/mol. The lowest BCUT2D eigenvalue weighted by atomic mass is 10.1. The largest absolute Gasteiger partial charge is 0.478 e. The zero-order valence-corrected chi connectivity index (χ0v) is 13.5. The highest BCUT2D eigenvalue weighted by Crippen LogP contribution is 2.04. The van der Waals surface area contributed by atoms with Crippen molar-refractivity contribution in [2.75, 3.05) is 6.54 Å². The van der Waals surface area contributed by atoms with Gasteiger partial charge in [-0.05, 0) is 31.5 Å². The standard InChI is InChI=1S/C16H22N2O5/c1-10(2)23-15(21)11(3)8-17-16(22)18-9-12-4-6-13(7-5-12)14(19)20/h4-7,10-11H,8-9H2,1-3H3,(H,19,20)(H2,17,18,22). The molecule has 23 heavy (non-hydrogen) atoms. The average Bonchev–Trinajstić information content (AvgIpc) is 2.50. The predicted molar refractivity (Wildman–Crippen MR) is 84.0 cm³/mol. The first kappa shape index (κ1) is 18.5. The summed E-state index contributed by atoms with van der Waals surface area (Å²) in [5.41, 5.74) is 0.966. The number of carboxylic acid groups (broad SMARTS) is 1. The summed E-state index contributed by atoms with van der Waals surface area (Å²) in [7, 11) is 0. The predicted octanol–water partition coefficient (Wildman–Crippen LogP) is 1.77. The fraction of sp³-hybridized carbons (Fsp3) is 0.438. The summed E-state index contributed by atoms with van der Waals surface area (Å²) < 4.78 is 5.05. The number of ether oxygens (including phenoxy) is 1. The van der Waals surface area contributed by atoms with E-state index < -0.39 is 17.9 Å². The van der Waals surface area contributed by atoms with Gasteiger partial charge in [-0.25, -0.2) is 9.59 Å². The van der Waals surface area contributed by atoms with Gasteiger partial charge in [0.15, 0.2) is 0 Å². The quantitative estimate of drug-likeness (QED) is 0.664. The monoisotopic (exact) mass is 322 g/mol. The molecule has 0 heterocycles. The average molecular weight is 322 g/mol. The minimum absolute atomic E-state index is 0.176. The zero-order valence-electron chi connectivity index (χ0n) is 13.5. The normalized spacial score (nSPS) is 11.7. The minimum atomic E-state index is -0.996. The summed E-state index contributed by atoms with van der Waals surface area (Å²) in [6.45, 7) is 5.64. The van der Waals surface area contributed by atoms with Crippen molar-refractivity contribution >= 4 is 18.0 Å². The number of nitrogens with one attached hydrogen (secondary N) is 2. The van der Waals surface area contributed by atoms with Crippen LogP contribution in [0.1, 0.15) is 36.7 Å². The molecule has 0 radical (unpaired) electrons. The smallest absolute Gasteiger partial charge is 0.335 e. The lowest BCUT2D eigenvalue weighted by Gasteiger charge is -2.14. The maximum atomic E-state index is 11.7. The van der Waals surface area contributed by atoms with Crippen LogP contribution in [-0.4, -0.2) is 35.7 Å². The van der Waals surface area contributed by atoms with Crippen LogP contribution in [0.15, 0.2) is 24.3 Å². The molecule has 1 atom stereocenters. The van der Waals surface area contributed by atoms with Gasteiger partial charge in [0.25, 0.3) is 0 Å². The van der Waals surface area contributed by atoms with Crippen LogP contribution in [0.25, 0.3) is 0 Å². The highest BCUT2D eigenvalue weighted by Gasteiger charge is 2.16. The Hall–Kier alpha value is -2.57. The third kappa shape index (κ3) is 6.82. The molecule has 3 N–H and O–H groups in total. The van der Waals surface area contributed by atoms with Gasteiger partial charge in [0, 0.05) is 13.1 Å². The number of aromatic carboxylic acids is 1. The topological polar surface area (TPSA) is 105 Å². The summed E-state index contributed by atoms with van der Waals surface area (Å²) in [6.07, 6.45) is -0.187. The molecule has 1 unspecified atom stereocenters. The molecule has 0 saturated carbocycles. The van der Waals surface area contributed by atoms with E-state index in [9.17, 15) is 14.4 Å². The summed E-state index contributed by atoms with van der Waals surface area (Å²) in [4.78, 5) is 34.0. The molecule has 0 aliphatic carbocycles. The van der Waals surface area contributed by atoms with Crippen LogP contribution in [0.5, 0.6) is 0 Å². The number of rotatable bonds is 7. The Morgan fingerprint density at radius 3 is 2.22 bits per heavy atom. The van der Waals surface area contributed by atoms with E-state index >= 15 is 0 Å². The first-order chi connectivity index (χ1) is 10.8. The molecule has 0 aromatic heterocycles. The number of amides is 2. The number of hydrogen-bond acceptors (Lipinski definition) is 4. The number of carboxylic acids is 1. The van der Waals surface area contributed by atoms with Gasteiger partial charge in [0.1, 0.15) is 0 Å². The van der Waals surface area contributed by atoms with E-state index in [-0.39, 0.29) is 30.7 Å². The lowest BCUT2D eigenvalue weighted by Crippen LogP contribution is -2.39. The number of carbonyl (C=O) groups excluding carboxylic acids is 2. The van der Waals surface area contributed by atoms with Gasteiger partial charge >= 0.3 is 18.0 Å². The first-order valence-electron chi connectivity index (χ1n) is 7.34. The van der Waals surface area contributed by atoms with Crippen LogP contribution in [-0.2, 0) is 16.1 Å². The van der Waals surface area contributed by atoms with Crippen molar-refractivity contribution in [2.45, 2.75) is 33.4 Å². The number of hydrogen-bond donors (Lipinski definition) is 3. The third-order valence-electron chi connectivity index (χ3n) is 2.98. The van der Waals surface area contributed by atoms with Gasteiger partial charge in [-0.3, -0.25) is 4.79 Å². The third-order valence-corrected chi connectivity index (χ3v) is 2.98. The maximum Gasteiger partial charge on any atom is 0.335 e. The Morgan fingerprint density at radius 2 is 1.70 bits per heavy atom. The van der Waals surface area contributed by atoms with Crippen molar-refractivity contribution in [3.05, 3.63) is 35.4 Å². The second-order valence-electron chi connectivity index (χ2n) is 5.45. The Kier molecular flexibility index (Phi) is 7.05. The molecule has 0 saturated heterocycles. The van der Waals surface area contributed by atoms with Crippen molar-refractivity contribution in [1.82, 2.24) is 10.6 Å². The molecule has 126 valence electrons. The summed E-state index contributed by atoms with van der Waals surface area (Å²) in [5.74, 6) is -1.79. The van der Waals surface area contributed by atoms with Crippen LogP contribution in [0, 0.1) is 5.92 Å². The molecule has 7 nitrogen and oxygen atoms in total. The number of urea groups is 1. The van der Waals surface area contributed by atoms with E-state index in [1.165, 1.54) is 12.1 Å². The van der Waals surface area contributed by atoms with Gasteiger partial charge in [-0.1, -0.05) is 19.1 Å². The van der Waals surface area contributed by atoms with Gasteiger partial charge in [-0.2, -0.15) is 0 Å². The van der Waals surface area contributed by atoms with Crippen molar-refractivity contribution in [3.63, 3.8) is 0 Å². The van der Waals surface area contributed by atoms with Gasteiger partial charge < -0.3 is 20.5 Å². The minimum Gasteiger partial charge on any atom is -0.478 e. The van der Waals surface area contributed by atoms with Crippen LogP contribution < -0.4 is 10.6 Å². The Morgan fingerprint density at radius 1 is 1.09 bits per heavy atom. The zero-order chi connectivity index (χ0) is 17.4. The lowest BCUT2D eigenvalue weighted by molar-refractivity contribution is -0.151. The van der Waals surface area contributed by atoms with Gasteiger partial charge in [0.05, 0.1) is 17.6 Å². The Bertz CT molecular complexity index is 554. The molecule has 1 aromatic rings. The second-order valence-corrected chi connectivity index (χ2v) is 5.45. The number of benzene rings is 1. The maximum absolute atomic E-state index is 11.7. The Balaban J connectivity index is 2.34. The highest BCUT2D eigenvalue weighted by atomic mass is 16.5. The molecule has 0 bridgehead atoms.